The molecule has 0 saturated carbocycles. The van der Waals surface area contributed by atoms with Crippen molar-refractivity contribution in [3.63, 3.8) is 0 Å². The van der Waals surface area contributed by atoms with Gasteiger partial charge in [-0.3, -0.25) is 0 Å². The van der Waals surface area contributed by atoms with E-state index in [-0.39, 0.29) is 0 Å². The lowest BCUT2D eigenvalue weighted by molar-refractivity contribution is 0.406. The SMILES string of the molecule is COc1ccc(CCc2nc(I)ccc2OC)cc1. The molecule has 0 aliphatic heterocycles. The molecule has 19 heavy (non-hydrogen) atoms. The number of methoxy groups -OCH3 is 2. The first kappa shape index (κ1) is 14.1. The number of rotatable bonds is 5. The minimum atomic E-state index is 0.855. The van der Waals surface area contributed by atoms with E-state index in [1.54, 1.807) is 14.2 Å². The van der Waals surface area contributed by atoms with E-state index < -0.39 is 0 Å². The molecule has 1 aromatic heterocycles. The zero-order chi connectivity index (χ0) is 13.7. The zero-order valence-electron chi connectivity index (χ0n) is 11.0. The molecule has 0 N–H and O–H groups in total. The van der Waals surface area contributed by atoms with Crippen molar-refractivity contribution in [2.75, 3.05) is 14.2 Å². The van der Waals surface area contributed by atoms with Gasteiger partial charge in [-0.25, -0.2) is 4.98 Å². The van der Waals surface area contributed by atoms with Gasteiger partial charge in [-0.1, -0.05) is 12.1 Å². The number of benzene rings is 1. The first-order valence-corrected chi connectivity index (χ1v) is 7.13. The summed E-state index contributed by atoms with van der Waals surface area (Å²) < 4.78 is 11.5. The third-order valence-electron chi connectivity index (χ3n) is 2.93. The minimum Gasteiger partial charge on any atom is -0.497 e. The van der Waals surface area contributed by atoms with Crippen LogP contribution in [-0.4, -0.2) is 19.2 Å². The molecule has 0 atom stereocenters. The van der Waals surface area contributed by atoms with E-state index in [0.717, 1.165) is 33.7 Å². The van der Waals surface area contributed by atoms with Gasteiger partial charge >= 0.3 is 0 Å². The maximum atomic E-state index is 5.34. The summed E-state index contributed by atoms with van der Waals surface area (Å²) in [6, 6.07) is 12.1. The van der Waals surface area contributed by atoms with Gasteiger partial charge in [0.25, 0.3) is 0 Å². The standard InChI is InChI=1S/C15H16INO2/c1-18-12-6-3-11(4-7-12)5-8-13-14(19-2)9-10-15(16)17-13/h3-4,6-7,9-10H,5,8H2,1-2H3. The summed E-state index contributed by atoms with van der Waals surface area (Å²) in [6.45, 7) is 0. The lowest BCUT2D eigenvalue weighted by Crippen LogP contribution is -2.00. The van der Waals surface area contributed by atoms with Gasteiger partial charge in [0, 0.05) is 0 Å². The van der Waals surface area contributed by atoms with E-state index in [1.165, 1.54) is 5.56 Å². The number of nitrogens with zero attached hydrogens (tertiary/aromatic N) is 1. The van der Waals surface area contributed by atoms with Crippen LogP contribution < -0.4 is 9.47 Å². The van der Waals surface area contributed by atoms with Crippen LogP contribution >= 0.6 is 22.6 Å². The number of hydrogen-bond acceptors (Lipinski definition) is 3. The highest BCUT2D eigenvalue weighted by Crippen LogP contribution is 2.20. The molecule has 2 aromatic rings. The summed E-state index contributed by atoms with van der Waals surface area (Å²) in [5.41, 5.74) is 2.27. The Morgan fingerprint density at radius 2 is 1.68 bits per heavy atom. The van der Waals surface area contributed by atoms with Crippen LogP contribution in [0.3, 0.4) is 0 Å². The lowest BCUT2D eigenvalue weighted by Gasteiger charge is -2.08. The van der Waals surface area contributed by atoms with Crippen LogP contribution in [0.4, 0.5) is 0 Å². The number of pyridine rings is 1. The molecule has 0 saturated heterocycles. The van der Waals surface area contributed by atoms with Crippen LogP contribution in [0, 0.1) is 3.70 Å². The Labute approximate surface area is 127 Å². The molecule has 0 aliphatic rings. The number of aryl methyl sites for hydroxylation is 2. The van der Waals surface area contributed by atoms with E-state index >= 15 is 0 Å². The molecule has 1 heterocycles. The van der Waals surface area contributed by atoms with Gasteiger partial charge in [-0.2, -0.15) is 0 Å². The minimum absolute atomic E-state index is 0.855. The second-order valence-corrected chi connectivity index (χ2v) is 5.24. The Bertz CT molecular complexity index is 540. The number of aromatic nitrogens is 1. The first-order valence-electron chi connectivity index (χ1n) is 6.05. The molecule has 0 radical (unpaired) electrons. The molecule has 4 heteroatoms. The summed E-state index contributed by atoms with van der Waals surface area (Å²) in [5.74, 6) is 1.74. The molecule has 3 nitrogen and oxygen atoms in total. The Hall–Kier alpha value is -1.30. The summed E-state index contributed by atoms with van der Waals surface area (Å²) in [4.78, 5) is 4.53. The van der Waals surface area contributed by atoms with Crippen molar-refractivity contribution in [3.05, 3.63) is 51.4 Å². The molecule has 100 valence electrons. The average Bonchev–Trinajstić information content (AvgIpc) is 2.46. The molecule has 2 rings (SSSR count). The van der Waals surface area contributed by atoms with Gasteiger partial charge < -0.3 is 9.47 Å². The molecule has 0 bridgehead atoms. The highest BCUT2D eigenvalue weighted by Gasteiger charge is 2.06. The predicted molar refractivity (Wildman–Crippen MR) is 83.9 cm³/mol. The fourth-order valence-electron chi connectivity index (χ4n) is 1.88. The second kappa shape index (κ2) is 6.75. The van der Waals surface area contributed by atoms with E-state index in [4.69, 9.17) is 9.47 Å². The fourth-order valence-corrected chi connectivity index (χ4v) is 2.35. The summed E-state index contributed by atoms with van der Waals surface area (Å²) in [6.07, 6.45) is 1.81. The Morgan fingerprint density at radius 1 is 0.947 bits per heavy atom. The van der Waals surface area contributed by atoms with Crippen molar-refractivity contribution >= 4 is 22.6 Å². The quantitative estimate of drug-likeness (QED) is 0.597. The van der Waals surface area contributed by atoms with Crippen molar-refractivity contribution in [2.24, 2.45) is 0 Å². The summed E-state index contributed by atoms with van der Waals surface area (Å²) in [5, 5.41) is 0. The van der Waals surface area contributed by atoms with Crippen molar-refractivity contribution in [1.82, 2.24) is 4.98 Å². The molecule has 1 aromatic carbocycles. The molecular formula is C15H16INO2. The number of hydrogen-bond donors (Lipinski definition) is 0. The third kappa shape index (κ3) is 3.83. The first-order chi connectivity index (χ1) is 9.22. The molecular weight excluding hydrogens is 353 g/mol. The zero-order valence-corrected chi connectivity index (χ0v) is 13.2. The monoisotopic (exact) mass is 369 g/mol. The molecule has 0 amide bonds. The van der Waals surface area contributed by atoms with Crippen molar-refractivity contribution in [1.29, 1.82) is 0 Å². The van der Waals surface area contributed by atoms with Crippen LogP contribution in [-0.2, 0) is 12.8 Å². The Morgan fingerprint density at radius 3 is 2.32 bits per heavy atom. The van der Waals surface area contributed by atoms with Gasteiger partial charge in [-0.05, 0) is 65.3 Å². The third-order valence-corrected chi connectivity index (χ3v) is 3.53. The van der Waals surface area contributed by atoms with Crippen LogP contribution in [0.15, 0.2) is 36.4 Å². The number of halogens is 1. The van der Waals surface area contributed by atoms with Crippen molar-refractivity contribution in [3.8, 4) is 11.5 Å². The van der Waals surface area contributed by atoms with Crippen molar-refractivity contribution in [2.45, 2.75) is 12.8 Å². The normalized spacial score (nSPS) is 10.3. The van der Waals surface area contributed by atoms with Crippen LogP contribution in [0.25, 0.3) is 0 Å². The van der Waals surface area contributed by atoms with Crippen LogP contribution in [0.1, 0.15) is 11.3 Å². The highest BCUT2D eigenvalue weighted by molar-refractivity contribution is 14.1. The van der Waals surface area contributed by atoms with Crippen LogP contribution in [0.2, 0.25) is 0 Å². The Kier molecular flexibility index (Phi) is 5.01. The van der Waals surface area contributed by atoms with E-state index in [2.05, 4.69) is 39.7 Å². The molecule has 0 aliphatic carbocycles. The van der Waals surface area contributed by atoms with E-state index in [0.29, 0.717) is 0 Å². The van der Waals surface area contributed by atoms with E-state index in [1.807, 2.05) is 24.3 Å². The fraction of sp³-hybridized carbons (Fsp3) is 0.267. The molecule has 0 fully saturated rings. The van der Waals surface area contributed by atoms with Gasteiger partial charge in [-0.15, -0.1) is 0 Å². The maximum absolute atomic E-state index is 5.34. The summed E-state index contributed by atoms with van der Waals surface area (Å²) in [7, 11) is 3.36. The van der Waals surface area contributed by atoms with E-state index in [9.17, 15) is 0 Å². The molecule has 0 spiro atoms. The maximum Gasteiger partial charge on any atom is 0.140 e. The Balaban J connectivity index is 2.07. The van der Waals surface area contributed by atoms with Crippen molar-refractivity contribution < 1.29 is 9.47 Å². The smallest absolute Gasteiger partial charge is 0.140 e. The predicted octanol–water partition coefficient (Wildman–Crippen LogP) is 3.49. The average molecular weight is 369 g/mol. The summed E-state index contributed by atoms with van der Waals surface area (Å²) >= 11 is 2.22. The van der Waals surface area contributed by atoms with Gasteiger partial charge in [0.2, 0.25) is 0 Å². The van der Waals surface area contributed by atoms with Gasteiger partial charge in [0.05, 0.1) is 19.9 Å². The van der Waals surface area contributed by atoms with Gasteiger partial charge in [0.15, 0.2) is 0 Å². The number of ether oxygens (including phenoxy) is 2. The van der Waals surface area contributed by atoms with Gasteiger partial charge in [0.1, 0.15) is 15.2 Å². The lowest BCUT2D eigenvalue weighted by atomic mass is 10.1. The molecule has 0 unspecified atom stereocenters. The van der Waals surface area contributed by atoms with Crippen LogP contribution in [0.5, 0.6) is 11.5 Å². The second-order valence-electron chi connectivity index (χ2n) is 4.13. The topological polar surface area (TPSA) is 31.4 Å². The largest absolute Gasteiger partial charge is 0.497 e. The highest BCUT2D eigenvalue weighted by atomic mass is 127.